The molecule has 0 radical (unpaired) electrons. The van der Waals surface area contributed by atoms with Gasteiger partial charge in [0.15, 0.2) is 0 Å². The molecule has 4 rings (SSSR count). The summed E-state index contributed by atoms with van der Waals surface area (Å²) >= 11 is 3.40. The topological polar surface area (TPSA) is 46.9 Å². The first kappa shape index (κ1) is 16.5. The van der Waals surface area contributed by atoms with Gasteiger partial charge in [0.25, 0.3) is 5.91 Å². The first-order valence-corrected chi connectivity index (χ1v) is 9.05. The number of fused-ring (bicyclic) bond motifs is 1. The van der Waals surface area contributed by atoms with Gasteiger partial charge in [0, 0.05) is 10.7 Å². The largest absolute Gasteiger partial charge is 0.319 e. The van der Waals surface area contributed by atoms with Crippen molar-refractivity contribution in [2.24, 2.45) is 0 Å². The highest BCUT2D eigenvalue weighted by molar-refractivity contribution is 9.10. The molecular formula is C21H16BrN3O. The number of nitrogens with one attached hydrogen (secondary N) is 1. The molecule has 3 aromatic carbocycles. The van der Waals surface area contributed by atoms with Gasteiger partial charge in [0.1, 0.15) is 0 Å². The highest BCUT2D eigenvalue weighted by Gasteiger charge is 2.11. The van der Waals surface area contributed by atoms with Crippen molar-refractivity contribution in [3.8, 4) is 0 Å². The molecule has 0 aliphatic heterocycles. The van der Waals surface area contributed by atoms with Crippen molar-refractivity contribution in [2.45, 2.75) is 6.54 Å². The third-order valence-electron chi connectivity index (χ3n) is 4.22. The van der Waals surface area contributed by atoms with Gasteiger partial charge in [-0.05, 0) is 44.4 Å². The fourth-order valence-corrected chi connectivity index (χ4v) is 3.43. The monoisotopic (exact) mass is 405 g/mol. The van der Waals surface area contributed by atoms with Crippen LogP contribution in [0.3, 0.4) is 0 Å². The first-order chi connectivity index (χ1) is 12.7. The van der Waals surface area contributed by atoms with E-state index in [-0.39, 0.29) is 5.91 Å². The third kappa shape index (κ3) is 3.39. The smallest absolute Gasteiger partial charge is 0.256 e. The van der Waals surface area contributed by atoms with Crippen LogP contribution in [-0.2, 0) is 6.54 Å². The van der Waals surface area contributed by atoms with E-state index < -0.39 is 0 Å². The van der Waals surface area contributed by atoms with Crippen LogP contribution in [0.15, 0.2) is 83.6 Å². The molecule has 1 amide bonds. The maximum atomic E-state index is 12.4. The van der Waals surface area contributed by atoms with Crippen molar-refractivity contribution >= 4 is 38.3 Å². The number of anilines is 1. The highest BCUT2D eigenvalue weighted by atomic mass is 79.9. The molecule has 0 saturated heterocycles. The zero-order chi connectivity index (χ0) is 17.9. The molecule has 4 nitrogen and oxygen atoms in total. The number of rotatable bonds is 4. The summed E-state index contributed by atoms with van der Waals surface area (Å²) in [7, 11) is 0. The van der Waals surface area contributed by atoms with Crippen molar-refractivity contribution in [3.05, 3.63) is 94.7 Å². The van der Waals surface area contributed by atoms with Crippen molar-refractivity contribution in [1.29, 1.82) is 0 Å². The zero-order valence-corrected chi connectivity index (χ0v) is 15.5. The number of halogens is 1. The van der Waals surface area contributed by atoms with Gasteiger partial charge < -0.3 is 5.32 Å². The molecule has 0 atom stereocenters. The van der Waals surface area contributed by atoms with Crippen LogP contribution in [0.2, 0.25) is 0 Å². The van der Waals surface area contributed by atoms with Crippen molar-refractivity contribution in [1.82, 2.24) is 9.78 Å². The Hall–Kier alpha value is -2.92. The van der Waals surface area contributed by atoms with Crippen LogP contribution in [0.5, 0.6) is 0 Å². The van der Waals surface area contributed by atoms with Gasteiger partial charge in [-0.25, -0.2) is 0 Å². The summed E-state index contributed by atoms with van der Waals surface area (Å²) in [4.78, 5) is 12.4. The molecule has 128 valence electrons. The van der Waals surface area contributed by atoms with Gasteiger partial charge in [-0.2, -0.15) is 5.10 Å². The van der Waals surface area contributed by atoms with Gasteiger partial charge in [-0.1, -0.05) is 54.6 Å². The predicted molar refractivity (Wildman–Crippen MR) is 107 cm³/mol. The fourth-order valence-electron chi connectivity index (χ4n) is 2.96. The maximum absolute atomic E-state index is 12.4. The molecule has 0 unspecified atom stereocenters. The average Bonchev–Trinajstić information content (AvgIpc) is 3.09. The molecule has 26 heavy (non-hydrogen) atoms. The number of aromatic nitrogens is 2. The van der Waals surface area contributed by atoms with Gasteiger partial charge in [0.05, 0.1) is 24.0 Å². The van der Waals surface area contributed by atoms with Crippen LogP contribution < -0.4 is 5.32 Å². The lowest BCUT2D eigenvalue weighted by molar-refractivity contribution is 0.102. The highest BCUT2D eigenvalue weighted by Crippen LogP contribution is 2.21. The molecular weight excluding hydrogens is 390 g/mol. The molecule has 1 N–H and O–H groups in total. The zero-order valence-electron chi connectivity index (χ0n) is 13.9. The summed E-state index contributed by atoms with van der Waals surface area (Å²) in [6.45, 7) is 0.645. The van der Waals surface area contributed by atoms with Gasteiger partial charge in [-0.15, -0.1) is 0 Å². The molecule has 0 saturated carbocycles. The second-order valence-corrected chi connectivity index (χ2v) is 6.85. The van der Waals surface area contributed by atoms with Crippen LogP contribution >= 0.6 is 15.9 Å². The van der Waals surface area contributed by atoms with Gasteiger partial charge in [-0.3, -0.25) is 9.48 Å². The van der Waals surface area contributed by atoms with E-state index in [4.69, 9.17) is 0 Å². The van der Waals surface area contributed by atoms with E-state index in [2.05, 4.69) is 56.7 Å². The lowest BCUT2D eigenvalue weighted by Crippen LogP contribution is -2.12. The quantitative estimate of drug-likeness (QED) is 0.513. The third-order valence-corrected chi connectivity index (χ3v) is 4.91. The van der Waals surface area contributed by atoms with Gasteiger partial charge >= 0.3 is 0 Å². The van der Waals surface area contributed by atoms with E-state index in [0.29, 0.717) is 17.8 Å². The second-order valence-electron chi connectivity index (χ2n) is 6.00. The molecule has 0 aliphatic rings. The van der Waals surface area contributed by atoms with Crippen molar-refractivity contribution in [2.75, 3.05) is 5.32 Å². The second kappa shape index (κ2) is 7.14. The number of amides is 1. The summed E-state index contributed by atoms with van der Waals surface area (Å²) in [6.07, 6.45) is 3.51. The molecule has 0 aliphatic carbocycles. The predicted octanol–water partition coefficient (Wildman–Crippen LogP) is 5.10. The summed E-state index contributed by atoms with van der Waals surface area (Å²) in [5.41, 5.74) is 2.45. The minimum atomic E-state index is -0.165. The molecule has 5 heteroatoms. The Kier molecular flexibility index (Phi) is 4.54. The fraction of sp³-hybridized carbons (Fsp3) is 0.0476. The number of hydrogen-bond acceptors (Lipinski definition) is 2. The Morgan fingerprint density at radius 1 is 1.00 bits per heavy atom. The number of benzene rings is 3. The van der Waals surface area contributed by atoms with E-state index >= 15 is 0 Å². The lowest BCUT2D eigenvalue weighted by atomic mass is 10.0. The summed E-state index contributed by atoms with van der Waals surface area (Å²) in [6, 6.07) is 21.9. The van der Waals surface area contributed by atoms with Gasteiger partial charge in [0.2, 0.25) is 0 Å². The molecule has 0 bridgehead atoms. The van der Waals surface area contributed by atoms with E-state index in [9.17, 15) is 4.79 Å². The van der Waals surface area contributed by atoms with Crippen LogP contribution in [0, 0.1) is 0 Å². The number of nitrogens with zero attached hydrogens (tertiary/aromatic N) is 2. The van der Waals surface area contributed by atoms with E-state index in [0.717, 1.165) is 4.47 Å². The number of hydrogen-bond donors (Lipinski definition) is 1. The Morgan fingerprint density at radius 3 is 2.65 bits per heavy atom. The van der Waals surface area contributed by atoms with Crippen LogP contribution in [-0.4, -0.2) is 15.7 Å². The summed E-state index contributed by atoms with van der Waals surface area (Å²) in [5.74, 6) is -0.165. The minimum Gasteiger partial charge on any atom is -0.319 e. The van der Waals surface area contributed by atoms with Crippen LogP contribution in [0.25, 0.3) is 10.8 Å². The summed E-state index contributed by atoms with van der Waals surface area (Å²) < 4.78 is 2.60. The standard InChI is InChI=1S/C21H16BrN3O/c22-20-11-4-3-10-19(20)21(26)24-17-12-23-25(14-17)13-16-8-5-7-15-6-1-2-9-18(15)16/h1-12,14H,13H2,(H,24,26). The van der Waals surface area contributed by atoms with Crippen LogP contribution in [0.4, 0.5) is 5.69 Å². The Bertz CT molecular complexity index is 1080. The van der Waals surface area contributed by atoms with Crippen LogP contribution in [0.1, 0.15) is 15.9 Å². The molecule has 1 heterocycles. The lowest BCUT2D eigenvalue weighted by Gasteiger charge is -2.07. The van der Waals surface area contributed by atoms with E-state index in [1.807, 2.05) is 41.2 Å². The van der Waals surface area contributed by atoms with E-state index in [1.165, 1.54) is 16.3 Å². The Labute approximate surface area is 159 Å². The Morgan fingerprint density at radius 2 is 1.77 bits per heavy atom. The van der Waals surface area contributed by atoms with Crippen molar-refractivity contribution in [3.63, 3.8) is 0 Å². The maximum Gasteiger partial charge on any atom is 0.256 e. The van der Waals surface area contributed by atoms with Crippen molar-refractivity contribution < 1.29 is 4.79 Å². The average molecular weight is 406 g/mol. The number of carbonyl (C=O) groups excluding carboxylic acids is 1. The molecule has 0 spiro atoms. The normalized spacial score (nSPS) is 10.8. The molecule has 4 aromatic rings. The molecule has 1 aromatic heterocycles. The SMILES string of the molecule is O=C(Nc1cnn(Cc2cccc3ccccc23)c1)c1ccccc1Br. The van der Waals surface area contributed by atoms with E-state index in [1.54, 1.807) is 12.3 Å². The number of carbonyl (C=O) groups is 1. The Balaban J connectivity index is 1.53. The summed E-state index contributed by atoms with van der Waals surface area (Å²) in [5, 5.41) is 9.69. The minimum absolute atomic E-state index is 0.165. The first-order valence-electron chi connectivity index (χ1n) is 8.26. The molecule has 0 fully saturated rings.